The number of esters is 1. The molecule has 0 heterocycles. The topological polar surface area (TPSA) is 35.5 Å². The van der Waals surface area contributed by atoms with Gasteiger partial charge in [0.2, 0.25) is 0 Å². The van der Waals surface area contributed by atoms with Gasteiger partial charge >= 0.3 is 5.97 Å². The minimum atomic E-state index is -0.745. The standard InChI is InChI=1S/C18H16O3/c1-20-15-10-8-13(9-11-15)16-12-18(16,17(19)21-2)14-6-4-3-5-7-14/h3-12H,1-2H3. The summed E-state index contributed by atoms with van der Waals surface area (Å²) in [5, 5.41) is 0. The van der Waals surface area contributed by atoms with Crippen molar-refractivity contribution in [3.63, 3.8) is 0 Å². The summed E-state index contributed by atoms with van der Waals surface area (Å²) in [6.07, 6.45) is 1.95. The molecule has 1 aliphatic rings. The molecule has 1 atom stereocenters. The molecule has 0 saturated heterocycles. The molecule has 106 valence electrons. The maximum absolute atomic E-state index is 12.3. The summed E-state index contributed by atoms with van der Waals surface area (Å²) in [5.74, 6) is 0.544. The van der Waals surface area contributed by atoms with E-state index in [4.69, 9.17) is 9.47 Å². The highest BCUT2D eigenvalue weighted by Crippen LogP contribution is 2.53. The summed E-state index contributed by atoms with van der Waals surface area (Å²) in [6, 6.07) is 17.4. The van der Waals surface area contributed by atoms with Crippen molar-refractivity contribution >= 4 is 11.5 Å². The lowest BCUT2D eigenvalue weighted by Gasteiger charge is -2.17. The van der Waals surface area contributed by atoms with E-state index in [0.717, 1.165) is 22.4 Å². The molecule has 0 radical (unpaired) electrons. The van der Waals surface area contributed by atoms with Gasteiger partial charge in [0, 0.05) is 0 Å². The molecule has 0 aliphatic heterocycles. The quantitative estimate of drug-likeness (QED) is 0.807. The van der Waals surface area contributed by atoms with E-state index in [9.17, 15) is 4.79 Å². The second-order valence-electron chi connectivity index (χ2n) is 4.95. The zero-order chi connectivity index (χ0) is 14.9. The predicted molar refractivity (Wildman–Crippen MR) is 81.1 cm³/mol. The molecule has 2 aromatic carbocycles. The van der Waals surface area contributed by atoms with Gasteiger partial charge in [-0.3, -0.25) is 4.79 Å². The summed E-state index contributed by atoms with van der Waals surface area (Å²) < 4.78 is 10.2. The lowest BCUT2D eigenvalue weighted by Crippen LogP contribution is -2.25. The number of hydrogen-bond acceptors (Lipinski definition) is 3. The number of rotatable bonds is 4. The molecule has 21 heavy (non-hydrogen) atoms. The Morgan fingerprint density at radius 1 is 0.952 bits per heavy atom. The lowest BCUT2D eigenvalue weighted by molar-refractivity contribution is -0.142. The van der Waals surface area contributed by atoms with Gasteiger partial charge < -0.3 is 9.47 Å². The Morgan fingerprint density at radius 2 is 1.62 bits per heavy atom. The molecule has 0 spiro atoms. The third-order valence-corrected chi connectivity index (χ3v) is 3.84. The summed E-state index contributed by atoms with van der Waals surface area (Å²) in [7, 11) is 3.05. The van der Waals surface area contributed by atoms with Crippen molar-refractivity contribution in [1.29, 1.82) is 0 Å². The highest BCUT2D eigenvalue weighted by Gasteiger charge is 2.53. The molecule has 1 aliphatic carbocycles. The fourth-order valence-electron chi connectivity index (χ4n) is 2.65. The zero-order valence-corrected chi connectivity index (χ0v) is 12.0. The van der Waals surface area contributed by atoms with E-state index < -0.39 is 5.41 Å². The number of hydrogen-bond donors (Lipinski definition) is 0. The maximum Gasteiger partial charge on any atom is 0.324 e. The van der Waals surface area contributed by atoms with Crippen LogP contribution in [-0.2, 0) is 14.9 Å². The first-order valence-electron chi connectivity index (χ1n) is 6.74. The molecule has 3 heteroatoms. The fourth-order valence-corrected chi connectivity index (χ4v) is 2.65. The van der Waals surface area contributed by atoms with Crippen LogP contribution in [0.1, 0.15) is 11.1 Å². The maximum atomic E-state index is 12.3. The van der Waals surface area contributed by atoms with Crippen molar-refractivity contribution in [2.45, 2.75) is 5.41 Å². The number of ether oxygens (including phenoxy) is 2. The highest BCUT2D eigenvalue weighted by atomic mass is 16.5. The van der Waals surface area contributed by atoms with Crippen LogP contribution in [0.2, 0.25) is 0 Å². The molecule has 0 N–H and O–H groups in total. The van der Waals surface area contributed by atoms with E-state index in [-0.39, 0.29) is 5.97 Å². The van der Waals surface area contributed by atoms with Crippen molar-refractivity contribution in [3.05, 3.63) is 71.8 Å². The van der Waals surface area contributed by atoms with Crippen LogP contribution in [0.25, 0.3) is 5.57 Å². The molecule has 3 rings (SSSR count). The molecule has 1 unspecified atom stereocenters. The average molecular weight is 280 g/mol. The van der Waals surface area contributed by atoms with Gasteiger partial charge in [-0.15, -0.1) is 0 Å². The van der Waals surface area contributed by atoms with Crippen LogP contribution in [0.15, 0.2) is 60.7 Å². The van der Waals surface area contributed by atoms with Crippen molar-refractivity contribution in [1.82, 2.24) is 0 Å². The third-order valence-electron chi connectivity index (χ3n) is 3.84. The van der Waals surface area contributed by atoms with Crippen LogP contribution in [0.3, 0.4) is 0 Å². The van der Waals surface area contributed by atoms with Crippen LogP contribution >= 0.6 is 0 Å². The van der Waals surface area contributed by atoms with Gasteiger partial charge in [0.05, 0.1) is 14.2 Å². The van der Waals surface area contributed by atoms with Crippen LogP contribution in [0.5, 0.6) is 5.75 Å². The van der Waals surface area contributed by atoms with Crippen molar-refractivity contribution in [2.24, 2.45) is 0 Å². The van der Waals surface area contributed by atoms with E-state index in [0.29, 0.717) is 0 Å². The van der Waals surface area contributed by atoms with E-state index in [1.54, 1.807) is 7.11 Å². The van der Waals surface area contributed by atoms with Gasteiger partial charge in [-0.25, -0.2) is 0 Å². The van der Waals surface area contributed by atoms with E-state index >= 15 is 0 Å². The van der Waals surface area contributed by atoms with Crippen LogP contribution in [-0.4, -0.2) is 20.2 Å². The second-order valence-corrected chi connectivity index (χ2v) is 4.95. The number of carbonyl (C=O) groups is 1. The Morgan fingerprint density at radius 3 is 2.19 bits per heavy atom. The number of methoxy groups -OCH3 is 2. The van der Waals surface area contributed by atoms with Gasteiger partial charge in [-0.2, -0.15) is 0 Å². The normalized spacial score (nSPS) is 19.6. The lowest BCUT2D eigenvalue weighted by atomic mass is 9.88. The monoisotopic (exact) mass is 280 g/mol. The van der Waals surface area contributed by atoms with E-state index in [1.165, 1.54) is 7.11 Å². The first-order valence-corrected chi connectivity index (χ1v) is 6.74. The summed E-state index contributed by atoms with van der Waals surface area (Å²) in [4.78, 5) is 12.3. The molecule has 0 fully saturated rings. The SMILES string of the molecule is COC(=O)C1(c2ccccc2)C=C1c1ccc(OC)cc1. The Labute approximate surface area is 123 Å². The van der Waals surface area contributed by atoms with E-state index in [1.807, 2.05) is 60.7 Å². The number of carbonyl (C=O) groups excluding carboxylic acids is 1. The van der Waals surface area contributed by atoms with Crippen LogP contribution < -0.4 is 4.74 Å². The Hall–Kier alpha value is -2.55. The van der Waals surface area contributed by atoms with Crippen LogP contribution in [0.4, 0.5) is 0 Å². The molecule has 0 bridgehead atoms. The van der Waals surface area contributed by atoms with Crippen molar-refractivity contribution in [2.75, 3.05) is 14.2 Å². The molecular weight excluding hydrogens is 264 g/mol. The smallest absolute Gasteiger partial charge is 0.324 e. The van der Waals surface area contributed by atoms with Crippen molar-refractivity contribution < 1.29 is 14.3 Å². The third kappa shape index (κ3) is 2.11. The Balaban J connectivity index is 1.97. The fraction of sp³-hybridized carbons (Fsp3) is 0.167. The second kappa shape index (κ2) is 5.09. The van der Waals surface area contributed by atoms with E-state index in [2.05, 4.69) is 0 Å². The molecular formula is C18H16O3. The summed E-state index contributed by atoms with van der Waals surface area (Å²) in [6.45, 7) is 0. The first-order chi connectivity index (χ1) is 10.2. The number of benzene rings is 2. The minimum Gasteiger partial charge on any atom is -0.497 e. The first kappa shape index (κ1) is 13.4. The average Bonchev–Trinajstić information content (AvgIpc) is 3.32. The minimum absolute atomic E-state index is 0.250. The predicted octanol–water partition coefficient (Wildman–Crippen LogP) is 3.20. The molecule has 0 aromatic heterocycles. The molecule has 0 saturated carbocycles. The van der Waals surface area contributed by atoms with Crippen LogP contribution in [0, 0.1) is 0 Å². The van der Waals surface area contributed by atoms with Crippen molar-refractivity contribution in [3.8, 4) is 5.75 Å². The Bertz CT molecular complexity index is 686. The largest absolute Gasteiger partial charge is 0.497 e. The molecule has 0 amide bonds. The summed E-state index contributed by atoms with van der Waals surface area (Å²) >= 11 is 0. The summed E-state index contributed by atoms with van der Waals surface area (Å²) in [5.41, 5.74) is 2.17. The Kier molecular flexibility index (Phi) is 3.26. The zero-order valence-electron chi connectivity index (χ0n) is 12.0. The van der Waals surface area contributed by atoms with Gasteiger partial charge in [0.1, 0.15) is 11.2 Å². The highest BCUT2D eigenvalue weighted by molar-refractivity contribution is 6.12. The van der Waals surface area contributed by atoms with Gasteiger partial charge in [0.15, 0.2) is 0 Å². The van der Waals surface area contributed by atoms with Gasteiger partial charge in [-0.05, 0) is 28.8 Å². The molecule has 3 nitrogen and oxygen atoms in total. The molecule has 2 aromatic rings. The van der Waals surface area contributed by atoms with Gasteiger partial charge in [-0.1, -0.05) is 48.5 Å². The van der Waals surface area contributed by atoms with Gasteiger partial charge in [0.25, 0.3) is 0 Å².